The molecule has 0 unspecified atom stereocenters. The lowest BCUT2D eigenvalue weighted by Gasteiger charge is -2.01. The third-order valence-corrected chi connectivity index (χ3v) is 8.52. The Morgan fingerprint density at radius 1 is 0.750 bits per heavy atom. The Morgan fingerprint density at radius 3 is 1.44 bits per heavy atom. The summed E-state index contributed by atoms with van der Waals surface area (Å²) in [6.45, 7) is 4.98. The van der Waals surface area contributed by atoms with Gasteiger partial charge >= 0.3 is 0 Å². The predicted molar refractivity (Wildman–Crippen MR) is 122 cm³/mol. The summed E-state index contributed by atoms with van der Waals surface area (Å²) in [7, 11) is -8.63. The largest absolute Gasteiger partial charge is 0.315 e. The van der Waals surface area contributed by atoms with Gasteiger partial charge in [-0.2, -0.15) is 16.8 Å². The van der Waals surface area contributed by atoms with Gasteiger partial charge in [-0.25, -0.2) is 0 Å². The molecule has 0 amide bonds. The van der Waals surface area contributed by atoms with Gasteiger partial charge in [0.05, 0.1) is 30.2 Å². The number of rotatable bonds is 5. The van der Waals surface area contributed by atoms with E-state index in [4.69, 9.17) is 0 Å². The maximum Gasteiger partial charge on any atom is 0.294 e. The Hall–Kier alpha value is -2.36. The van der Waals surface area contributed by atoms with Crippen molar-refractivity contribution >= 4 is 63.3 Å². The summed E-state index contributed by atoms with van der Waals surface area (Å²) in [4.78, 5) is 0.685. The van der Waals surface area contributed by atoms with Crippen molar-refractivity contribution in [3.05, 3.63) is 46.0 Å². The number of fused-ring (bicyclic) bond motifs is 2. The van der Waals surface area contributed by atoms with Crippen LogP contribution in [-0.2, 0) is 33.3 Å². The molecular weight excluding hydrogens is 496 g/mol. The molecule has 0 spiro atoms. The molecule has 0 radical (unpaired) electrons. The lowest BCUT2D eigenvalue weighted by atomic mass is 10.3. The minimum atomic E-state index is -4.32. The zero-order valence-electron chi connectivity index (χ0n) is 16.8. The summed E-state index contributed by atoms with van der Waals surface area (Å²) in [5.74, 6) is 0. The summed E-state index contributed by atoms with van der Waals surface area (Å²) in [5.41, 5.74) is 1.52. The number of thiazole rings is 2. The summed E-state index contributed by atoms with van der Waals surface area (Å²) < 4.78 is 69.4. The Morgan fingerprint density at radius 2 is 1.12 bits per heavy atom. The highest BCUT2D eigenvalue weighted by molar-refractivity contribution is 7.86. The first kappa shape index (κ1) is 22.8. The van der Waals surface area contributed by atoms with Gasteiger partial charge < -0.3 is 9.13 Å². The van der Waals surface area contributed by atoms with Gasteiger partial charge in [-0.15, -0.1) is 10.2 Å². The van der Waals surface area contributed by atoms with Gasteiger partial charge in [0, 0.05) is 13.1 Å². The van der Waals surface area contributed by atoms with E-state index in [-0.39, 0.29) is 9.79 Å². The molecular formula is C18H18N4O6S4. The van der Waals surface area contributed by atoms with Crippen molar-refractivity contribution in [2.24, 2.45) is 10.2 Å². The van der Waals surface area contributed by atoms with Crippen LogP contribution in [0.3, 0.4) is 0 Å². The van der Waals surface area contributed by atoms with E-state index in [1.54, 1.807) is 12.1 Å². The molecule has 0 fully saturated rings. The number of benzene rings is 2. The summed E-state index contributed by atoms with van der Waals surface area (Å²) >= 11 is 2.47. The van der Waals surface area contributed by atoms with E-state index in [0.29, 0.717) is 32.1 Å². The fraction of sp³-hybridized carbons (Fsp3) is 0.222. The van der Waals surface area contributed by atoms with E-state index in [9.17, 15) is 25.9 Å². The maximum atomic E-state index is 11.4. The molecule has 0 saturated carbocycles. The minimum absolute atomic E-state index is 0.194. The van der Waals surface area contributed by atoms with Crippen LogP contribution in [0.15, 0.2) is 56.4 Å². The molecule has 2 N–H and O–H groups in total. The number of hydrogen-bond acceptors (Lipinski definition) is 8. The average Bonchev–Trinajstić information content (AvgIpc) is 3.26. The summed E-state index contributed by atoms with van der Waals surface area (Å²) in [6, 6.07) is 8.68. The molecule has 170 valence electrons. The SMILES string of the molecule is CCn1/c(=N/N=c2/sc3cc(S(=O)(=O)O)ccc3n2CC)sc2cc(S(=O)(=O)O)ccc21. The lowest BCUT2D eigenvalue weighted by Crippen LogP contribution is -2.16. The van der Waals surface area contributed by atoms with E-state index in [0.717, 1.165) is 11.0 Å². The van der Waals surface area contributed by atoms with Crippen LogP contribution < -0.4 is 9.60 Å². The molecule has 10 nitrogen and oxygen atoms in total. The second kappa shape index (κ2) is 8.20. The van der Waals surface area contributed by atoms with Gasteiger partial charge in [0.2, 0.25) is 9.60 Å². The van der Waals surface area contributed by atoms with Crippen LogP contribution in [0.4, 0.5) is 0 Å². The van der Waals surface area contributed by atoms with Crippen LogP contribution in [0, 0.1) is 0 Å². The highest BCUT2D eigenvalue weighted by Crippen LogP contribution is 2.23. The monoisotopic (exact) mass is 514 g/mol. The van der Waals surface area contributed by atoms with Gasteiger partial charge in [-0.1, -0.05) is 22.7 Å². The summed E-state index contributed by atoms with van der Waals surface area (Å²) in [5, 5.41) is 8.74. The average molecular weight is 515 g/mol. The van der Waals surface area contributed by atoms with Crippen molar-refractivity contribution in [1.29, 1.82) is 0 Å². The topological polar surface area (TPSA) is 143 Å². The molecule has 14 heteroatoms. The van der Waals surface area contributed by atoms with E-state index in [2.05, 4.69) is 10.2 Å². The molecule has 4 aromatic rings. The number of nitrogens with zero attached hydrogens (tertiary/aromatic N) is 4. The maximum absolute atomic E-state index is 11.4. The van der Waals surface area contributed by atoms with Crippen molar-refractivity contribution < 1.29 is 25.9 Å². The van der Waals surface area contributed by atoms with Crippen molar-refractivity contribution in [1.82, 2.24) is 9.13 Å². The van der Waals surface area contributed by atoms with Gasteiger partial charge in [-0.3, -0.25) is 9.11 Å². The van der Waals surface area contributed by atoms with Crippen molar-refractivity contribution in [3.8, 4) is 0 Å². The fourth-order valence-electron chi connectivity index (χ4n) is 3.28. The van der Waals surface area contributed by atoms with Crippen LogP contribution in [0.25, 0.3) is 20.4 Å². The first-order chi connectivity index (χ1) is 15.0. The highest BCUT2D eigenvalue weighted by atomic mass is 32.2. The van der Waals surface area contributed by atoms with Gasteiger partial charge in [0.1, 0.15) is 0 Å². The Labute approximate surface area is 190 Å². The standard InChI is InChI=1S/C18H18N4O6S4/c1-3-21-13-7-5-11(31(23,24)25)9-15(13)29-17(21)19-20-18-22(4-2)14-8-6-12(32(26,27)28)10-16(14)30-18/h5-10H,3-4H2,1-2H3,(H,23,24,25)(H,26,27,28)/b19-17-,20-18+. The van der Waals surface area contributed by atoms with Crippen LogP contribution in [0.5, 0.6) is 0 Å². The molecule has 0 aliphatic rings. The fourth-order valence-corrected chi connectivity index (χ4v) is 6.61. The van der Waals surface area contributed by atoms with Crippen molar-refractivity contribution in [2.45, 2.75) is 36.7 Å². The Bertz CT molecular complexity index is 1580. The predicted octanol–water partition coefficient (Wildman–Crippen LogP) is 2.67. The van der Waals surface area contributed by atoms with E-state index >= 15 is 0 Å². The van der Waals surface area contributed by atoms with E-state index in [1.165, 1.54) is 46.9 Å². The van der Waals surface area contributed by atoms with E-state index in [1.807, 2.05) is 23.0 Å². The third-order valence-electron chi connectivity index (χ3n) is 4.76. The zero-order chi connectivity index (χ0) is 23.3. The lowest BCUT2D eigenvalue weighted by molar-refractivity contribution is 0.481. The van der Waals surface area contributed by atoms with Crippen LogP contribution in [0.1, 0.15) is 13.8 Å². The molecule has 2 heterocycles. The first-order valence-electron chi connectivity index (χ1n) is 9.32. The third kappa shape index (κ3) is 4.16. The molecule has 0 aliphatic carbocycles. The second-order valence-corrected chi connectivity index (χ2v) is 11.5. The number of aryl methyl sites for hydroxylation is 2. The Kier molecular flexibility index (Phi) is 5.85. The van der Waals surface area contributed by atoms with Crippen LogP contribution >= 0.6 is 22.7 Å². The minimum Gasteiger partial charge on any atom is -0.315 e. The molecule has 2 aromatic carbocycles. The summed E-state index contributed by atoms with van der Waals surface area (Å²) in [6.07, 6.45) is 0. The van der Waals surface area contributed by atoms with E-state index < -0.39 is 20.2 Å². The van der Waals surface area contributed by atoms with Gasteiger partial charge in [0.15, 0.2) is 0 Å². The van der Waals surface area contributed by atoms with Crippen molar-refractivity contribution in [3.63, 3.8) is 0 Å². The molecule has 0 atom stereocenters. The van der Waals surface area contributed by atoms with Crippen LogP contribution in [0.2, 0.25) is 0 Å². The number of aromatic nitrogens is 2. The van der Waals surface area contributed by atoms with Crippen LogP contribution in [-0.4, -0.2) is 35.1 Å². The second-order valence-electron chi connectivity index (χ2n) is 6.67. The smallest absolute Gasteiger partial charge is 0.294 e. The van der Waals surface area contributed by atoms with Gasteiger partial charge in [0.25, 0.3) is 20.2 Å². The van der Waals surface area contributed by atoms with Crippen molar-refractivity contribution in [2.75, 3.05) is 0 Å². The highest BCUT2D eigenvalue weighted by Gasteiger charge is 2.14. The zero-order valence-corrected chi connectivity index (χ0v) is 20.1. The molecule has 2 aromatic heterocycles. The molecule has 0 bridgehead atoms. The first-order valence-corrected chi connectivity index (χ1v) is 13.8. The molecule has 0 aliphatic heterocycles. The molecule has 0 saturated heterocycles. The van der Waals surface area contributed by atoms with Gasteiger partial charge in [-0.05, 0) is 50.2 Å². The quantitative estimate of drug-likeness (QED) is 0.310. The molecule has 32 heavy (non-hydrogen) atoms. The normalized spacial score (nSPS) is 14.1. The molecule has 4 rings (SSSR count). The number of hydrogen-bond donors (Lipinski definition) is 2. The Balaban J connectivity index is 1.93.